The zero-order chi connectivity index (χ0) is 18.8. The van der Waals surface area contributed by atoms with Gasteiger partial charge >= 0.3 is 179 Å². The van der Waals surface area contributed by atoms with Crippen molar-refractivity contribution >= 4 is 62.8 Å². The van der Waals surface area contributed by atoms with Gasteiger partial charge < -0.3 is 0 Å². The normalized spacial score (nSPS) is 11.0. The van der Waals surface area contributed by atoms with Crippen molar-refractivity contribution in [2.24, 2.45) is 0 Å². The summed E-state index contributed by atoms with van der Waals surface area (Å²) in [6, 6.07) is 8.44. The maximum absolute atomic E-state index is 9.48. The van der Waals surface area contributed by atoms with Gasteiger partial charge in [-0.1, -0.05) is 0 Å². The number of nitriles is 2. The first-order valence-electron chi connectivity index (χ1n) is 7.19. The van der Waals surface area contributed by atoms with Gasteiger partial charge in [-0.05, 0) is 0 Å². The molecule has 2 rings (SSSR count). The first-order valence-corrected chi connectivity index (χ1v) is 32.4. The molecule has 9 heteroatoms. The molecule has 0 radical (unpaired) electrons. The van der Waals surface area contributed by atoms with E-state index >= 15 is 0 Å². The fourth-order valence-corrected chi connectivity index (χ4v) is 31.3. The summed E-state index contributed by atoms with van der Waals surface area (Å²) >= 11 is 5.04. The Hall–Kier alpha value is 0.239. The van der Waals surface area contributed by atoms with Gasteiger partial charge in [-0.2, -0.15) is 0 Å². The molecule has 0 saturated heterocycles. The molecular formula is C16H14I2N4S2Sn. The zero-order valence-corrected chi connectivity index (χ0v) is 22.8. The van der Waals surface area contributed by atoms with E-state index in [0.717, 1.165) is 32.6 Å². The Bertz CT molecular complexity index is 846. The quantitative estimate of drug-likeness (QED) is 0.304. The van der Waals surface area contributed by atoms with Crippen molar-refractivity contribution < 1.29 is 0 Å². The maximum atomic E-state index is 9.48. The number of hydrogen-bond donors (Lipinski definition) is 0. The van der Waals surface area contributed by atoms with Crippen LogP contribution in [0.2, 0.25) is 0 Å². The second-order valence-corrected chi connectivity index (χ2v) is 77.9. The van der Waals surface area contributed by atoms with Crippen molar-refractivity contribution in [3.8, 4) is 12.1 Å². The molecule has 2 heterocycles. The second-order valence-electron chi connectivity index (χ2n) is 5.41. The van der Waals surface area contributed by atoms with Crippen LogP contribution >= 0.6 is 55.2 Å². The molecular weight excluding hydrogens is 685 g/mol. The Labute approximate surface area is 176 Å². The van der Waals surface area contributed by atoms with Gasteiger partial charge in [0.1, 0.15) is 0 Å². The third kappa shape index (κ3) is 5.61. The molecule has 0 aromatic carbocycles. The van der Waals surface area contributed by atoms with Crippen molar-refractivity contribution in [1.82, 2.24) is 9.97 Å². The fraction of sp³-hybridized carbons (Fsp3) is 0.250. The van der Waals surface area contributed by atoms with E-state index < -0.39 is 7.67 Å². The van der Waals surface area contributed by atoms with E-state index in [1.165, 1.54) is 0 Å². The summed E-state index contributed by atoms with van der Waals surface area (Å²) in [6.45, 7) is 7.78. The predicted molar refractivity (Wildman–Crippen MR) is 122 cm³/mol. The SMILES string of the molecule is Cc1cc(C)c(C#N)c([S][Sn]([I])([I])[S]c2nc(C)cc(C)c2C#N)n1. The summed E-state index contributed by atoms with van der Waals surface area (Å²) in [7, 11) is 0.568. The fourth-order valence-electron chi connectivity index (χ4n) is 2.27. The molecule has 0 spiro atoms. The molecule has 0 bridgehead atoms. The number of rotatable bonds is 4. The van der Waals surface area contributed by atoms with Crippen molar-refractivity contribution in [2.45, 2.75) is 37.7 Å². The van der Waals surface area contributed by atoms with Crippen molar-refractivity contribution in [3.05, 3.63) is 45.8 Å². The van der Waals surface area contributed by atoms with Gasteiger partial charge in [0, 0.05) is 0 Å². The zero-order valence-electron chi connectivity index (χ0n) is 14.0. The molecule has 2 aromatic rings. The van der Waals surface area contributed by atoms with Crippen LogP contribution in [0, 0.1) is 50.4 Å². The Balaban J connectivity index is 2.40. The summed E-state index contributed by atoms with van der Waals surface area (Å²) in [5.41, 5.74) is 5.06. The first-order chi connectivity index (χ1) is 11.7. The van der Waals surface area contributed by atoms with Crippen molar-refractivity contribution in [1.29, 1.82) is 10.5 Å². The molecule has 25 heavy (non-hydrogen) atoms. The van der Waals surface area contributed by atoms with Gasteiger partial charge in [-0.15, -0.1) is 0 Å². The van der Waals surface area contributed by atoms with Crippen molar-refractivity contribution in [3.63, 3.8) is 0 Å². The van der Waals surface area contributed by atoms with Crippen LogP contribution in [0.3, 0.4) is 0 Å². The summed E-state index contributed by atoms with van der Waals surface area (Å²) in [5, 5.41) is 20.6. The van der Waals surface area contributed by atoms with Gasteiger partial charge in [-0.25, -0.2) is 0 Å². The molecule has 0 saturated carbocycles. The van der Waals surface area contributed by atoms with E-state index in [4.69, 9.17) is 0 Å². The van der Waals surface area contributed by atoms with E-state index in [1.54, 1.807) is 17.9 Å². The van der Waals surface area contributed by atoms with E-state index in [9.17, 15) is 10.5 Å². The van der Waals surface area contributed by atoms with Crippen LogP contribution in [0.15, 0.2) is 22.2 Å². The Morgan fingerprint density at radius 1 is 0.840 bits per heavy atom. The van der Waals surface area contributed by atoms with Gasteiger partial charge in [0.2, 0.25) is 0 Å². The van der Waals surface area contributed by atoms with Crippen LogP contribution < -0.4 is 0 Å². The molecule has 0 N–H and O–H groups in total. The number of halogens is 2. The number of nitrogens with zero attached hydrogens (tertiary/aromatic N) is 4. The number of hydrogen-bond acceptors (Lipinski definition) is 6. The molecule has 2 aromatic heterocycles. The van der Waals surface area contributed by atoms with Crippen LogP contribution in [0.5, 0.6) is 0 Å². The molecule has 0 aliphatic carbocycles. The van der Waals surface area contributed by atoms with Crippen LogP contribution in [-0.4, -0.2) is 17.6 Å². The monoisotopic (exact) mass is 700 g/mol. The average Bonchev–Trinajstić information content (AvgIpc) is 2.45. The molecule has 128 valence electrons. The Morgan fingerprint density at radius 3 is 1.52 bits per heavy atom. The van der Waals surface area contributed by atoms with Gasteiger partial charge in [0.05, 0.1) is 0 Å². The minimum atomic E-state index is -2.86. The molecule has 0 amide bonds. The third-order valence-electron chi connectivity index (χ3n) is 3.28. The summed E-state index contributed by atoms with van der Waals surface area (Å²) in [5.74, 6) is 0. The molecule has 4 nitrogen and oxygen atoms in total. The van der Waals surface area contributed by atoms with Crippen molar-refractivity contribution in [2.75, 3.05) is 0 Å². The van der Waals surface area contributed by atoms with Crippen LogP contribution in [0.4, 0.5) is 0 Å². The molecule has 0 unspecified atom stereocenters. The van der Waals surface area contributed by atoms with Crippen LogP contribution in [0.1, 0.15) is 33.6 Å². The van der Waals surface area contributed by atoms with E-state index in [0.29, 0.717) is 11.1 Å². The second kappa shape index (κ2) is 8.95. The first kappa shape index (κ1) is 21.5. The minimum absolute atomic E-state index is 0.652. The molecule has 0 atom stereocenters. The molecule has 0 aliphatic rings. The van der Waals surface area contributed by atoms with Crippen LogP contribution in [-0.2, 0) is 0 Å². The van der Waals surface area contributed by atoms with Crippen LogP contribution in [0.25, 0.3) is 0 Å². The number of pyridine rings is 2. The number of aromatic nitrogens is 2. The summed E-state index contributed by atoms with van der Waals surface area (Å²) < 4.78 is 0. The number of aryl methyl sites for hydroxylation is 4. The average molecular weight is 699 g/mol. The van der Waals surface area contributed by atoms with Gasteiger partial charge in [0.25, 0.3) is 0 Å². The van der Waals surface area contributed by atoms with Gasteiger partial charge in [0.15, 0.2) is 0 Å². The molecule has 0 aliphatic heterocycles. The Morgan fingerprint density at radius 2 is 1.20 bits per heavy atom. The standard InChI is InChI=1S/2C8H8N2S.2HI.Sn/c2*1-5-3-6(2)10-8(11)7(5)4-9;;;/h2*3H,1-2H3,(H,10,11);2*1H;/q;;;;+4/p-4. The van der Waals surface area contributed by atoms with E-state index in [2.05, 4.69) is 59.4 Å². The summed E-state index contributed by atoms with van der Waals surface area (Å²) in [4.78, 5) is 9.19. The van der Waals surface area contributed by atoms with Gasteiger partial charge in [-0.3, -0.25) is 0 Å². The predicted octanol–water partition coefficient (Wildman–Crippen LogP) is 5.64. The van der Waals surface area contributed by atoms with E-state index in [-0.39, 0.29) is 0 Å². The third-order valence-corrected chi connectivity index (χ3v) is 33.2. The topological polar surface area (TPSA) is 73.4 Å². The van der Waals surface area contributed by atoms with E-state index in [1.807, 2.05) is 39.8 Å². The Kier molecular flexibility index (Phi) is 7.71. The molecule has 0 fully saturated rings. The summed E-state index contributed by atoms with van der Waals surface area (Å²) in [6.07, 6.45) is 0.